The van der Waals surface area contributed by atoms with Crippen LogP contribution in [0, 0.1) is 0 Å². The Balaban J connectivity index is 1.86. The van der Waals surface area contributed by atoms with Gasteiger partial charge in [-0.1, -0.05) is 35.5 Å². The van der Waals surface area contributed by atoms with Crippen LogP contribution in [-0.4, -0.2) is 32.4 Å². The van der Waals surface area contributed by atoms with Crippen molar-refractivity contribution in [1.29, 1.82) is 0 Å². The van der Waals surface area contributed by atoms with Gasteiger partial charge in [-0.2, -0.15) is 13.2 Å². The minimum absolute atomic E-state index is 0.0525. The Kier molecular flexibility index (Phi) is 7.47. The van der Waals surface area contributed by atoms with E-state index in [1.165, 1.54) is 10.6 Å². The van der Waals surface area contributed by atoms with E-state index in [1.54, 1.807) is 31.2 Å². The Morgan fingerprint density at radius 3 is 2.69 bits per heavy atom. The molecule has 2 N–H and O–H groups in total. The van der Waals surface area contributed by atoms with E-state index in [2.05, 4.69) is 10.3 Å². The number of hydrogen-bond acceptors (Lipinski definition) is 5. The van der Waals surface area contributed by atoms with Crippen LogP contribution in [0.1, 0.15) is 18.9 Å². The van der Waals surface area contributed by atoms with Crippen molar-refractivity contribution in [2.45, 2.75) is 36.5 Å². The maximum atomic E-state index is 13.1. The van der Waals surface area contributed by atoms with Crippen molar-refractivity contribution in [3.8, 4) is 0 Å². The highest BCUT2D eigenvalue weighted by atomic mass is 35.5. The Labute approximate surface area is 190 Å². The Hall–Kier alpha value is -2.56. The molecular weight excluding hydrogens is 467 g/mol. The molecule has 0 bridgehead atoms. The van der Waals surface area contributed by atoms with Gasteiger partial charge < -0.3 is 10.4 Å². The molecule has 0 saturated heterocycles. The number of halogens is 4. The molecule has 1 atom stereocenters. The molecule has 1 amide bonds. The van der Waals surface area contributed by atoms with Crippen molar-refractivity contribution in [1.82, 2.24) is 9.55 Å². The molecule has 0 spiro atoms. The van der Waals surface area contributed by atoms with Crippen molar-refractivity contribution in [3.63, 3.8) is 0 Å². The van der Waals surface area contributed by atoms with Gasteiger partial charge in [0.1, 0.15) is 0 Å². The summed E-state index contributed by atoms with van der Waals surface area (Å²) in [5.74, 6) is -0.568. The third-order valence-corrected chi connectivity index (χ3v) is 5.98. The van der Waals surface area contributed by atoms with Crippen molar-refractivity contribution < 1.29 is 23.1 Å². The fraction of sp³-hybridized carbons (Fsp3) is 0.286. The quantitative estimate of drug-likeness (QED) is 0.378. The molecule has 1 aromatic heterocycles. The summed E-state index contributed by atoms with van der Waals surface area (Å²) >= 11 is 6.61. The smallest absolute Gasteiger partial charge is 0.396 e. The van der Waals surface area contributed by atoms with Gasteiger partial charge in [0.2, 0.25) is 5.91 Å². The molecule has 32 heavy (non-hydrogen) atoms. The van der Waals surface area contributed by atoms with Gasteiger partial charge in [0.25, 0.3) is 5.56 Å². The molecule has 0 aliphatic carbocycles. The van der Waals surface area contributed by atoms with Gasteiger partial charge in [-0.3, -0.25) is 14.2 Å². The number of thioether (sulfide) groups is 1. The van der Waals surface area contributed by atoms with E-state index >= 15 is 0 Å². The number of aromatic nitrogens is 2. The van der Waals surface area contributed by atoms with Crippen LogP contribution in [0.2, 0.25) is 5.02 Å². The SMILES string of the molecule is CC(Sc1nc2ccccc2c(=O)n1CCCO)C(=O)Nc1ccc(Cl)c(C(F)(F)F)c1. The minimum Gasteiger partial charge on any atom is -0.396 e. The van der Waals surface area contributed by atoms with E-state index in [1.807, 2.05) is 0 Å². The van der Waals surface area contributed by atoms with Crippen LogP contribution >= 0.6 is 23.4 Å². The first kappa shape index (κ1) is 24.1. The molecule has 6 nitrogen and oxygen atoms in total. The van der Waals surface area contributed by atoms with Gasteiger partial charge >= 0.3 is 6.18 Å². The van der Waals surface area contributed by atoms with E-state index < -0.39 is 27.9 Å². The molecule has 0 fully saturated rings. The van der Waals surface area contributed by atoms with Crippen LogP contribution in [-0.2, 0) is 17.5 Å². The van der Waals surface area contributed by atoms with Crippen LogP contribution in [0.15, 0.2) is 52.4 Å². The lowest BCUT2D eigenvalue weighted by atomic mass is 10.2. The van der Waals surface area contributed by atoms with E-state index in [4.69, 9.17) is 16.7 Å². The van der Waals surface area contributed by atoms with E-state index in [9.17, 15) is 22.8 Å². The topological polar surface area (TPSA) is 84.2 Å². The Bertz CT molecular complexity index is 1200. The average Bonchev–Trinajstić information content (AvgIpc) is 2.74. The maximum absolute atomic E-state index is 13.1. The molecular formula is C21H19ClF3N3O3S. The number of nitrogens with zero attached hydrogens (tertiary/aromatic N) is 2. The van der Waals surface area contributed by atoms with E-state index in [0.717, 1.165) is 23.9 Å². The van der Waals surface area contributed by atoms with Gasteiger partial charge in [0, 0.05) is 18.8 Å². The normalized spacial score (nSPS) is 12.7. The molecule has 2 aromatic carbocycles. The van der Waals surface area contributed by atoms with Gasteiger partial charge in [0.15, 0.2) is 5.16 Å². The third kappa shape index (κ3) is 5.43. The van der Waals surface area contributed by atoms with Gasteiger partial charge in [-0.05, 0) is 43.7 Å². The second kappa shape index (κ2) is 9.93. The summed E-state index contributed by atoms with van der Waals surface area (Å²) in [5.41, 5.74) is -0.943. The standard InChI is InChI=1S/C21H19ClF3N3O3S/c1-12(18(30)26-13-7-8-16(22)15(11-13)21(23,24)25)32-20-27-17-6-3-2-5-14(17)19(31)28(20)9-4-10-29/h2-3,5-8,11-12,29H,4,9-10H2,1H3,(H,26,30). The minimum atomic E-state index is -4.66. The van der Waals surface area contributed by atoms with Crippen molar-refractivity contribution in [2.24, 2.45) is 0 Å². The number of hydrogen-bond donors (Lipinski definition) is 2. The summed E-state index contributed by atoms with van der Waals surface area (Å²) in [5, 5.41) is 11.0. The van der Waals surface area contributed by atoms with Crippen LogP contribution in [0.4, 0.5) is 18.9 Å². The summed E-state index contributed by atoms with van der Waals surface area (Å²) < 4.78 is 40.6. The molecule has 0 aliphatic heterocycles. The number of amides is 1. The van der Waals surface area contributed by atoms with Crippen molar-refractivity contribution >= 4 is 45.9 Å². The van der Waals surface area contributed by atoms with Gasteiger partial charge in [-0.15, -0.1) is 0 Å². The Morgan fingerprint density at radius 2 is 2.00 bits per heavy atom. The number of fused-ring (bicyclic) bond motifs is 1. The predicted molar refractivity (Wildman–Crippen MR) is 118 cm³/mol. The van der Waals surface area contributed by atoms with E-state index in [-0.39, 0.29) is 29.6 Å². The van der Waals surface area contributed by atoms with E-state index in [0.29, 0.717) is 17.3 Å². The number of carbonyl (C=O) groups excluding carboxylic acids is 1. The third-order valence-electron chi connectivity index (χ3n) is 4.56. The Morgan fingerprint density at radius 1 is 1.28 bits per heavy atom. The number of nitrogens with one attached hydrogen (secondary N) is 1. The summed E-state index contributed by atoms with van der Waals surface area (Å²) in [6.45, 7) is 1.63. The monoisotopic (exact) mass is 485 g/mol. The van der Waals surface area contributed by atoms with Crippen LogP contribution < -0.4 is 10.9 Å². The zero-order chi connectivity index (χ0) is 23.5. The number of anilines is 1. The average molecular weight is 486 g/mol. The fourth-order valence-electron chi connectivity index (χ4n) is 2.94. The number of carbonyl (C=O) groups is 1. The first-order chi connectivity index (χ1) is 15.1. The number of rotatable bonds is 7. The molecule has 0 saturated carbocycles. The number of benzene rings is 2. The zero-order valence-corrected chi connectivity index (χ0v) is 18.4. The lowest BCUT2D eigenvalue weighted by Gasteiger charge is -2.17. The number of alkyl halides is 3. The van der Waals surface area contributed by atoms with Crippen molar-refractivity contribution in [3.05, 3.63) is 63.4 Å². The fourth-order valence-corrected chi connectivity index (χ4v) is 4.10. The second-order valence-electron chi connectivity index (χ2n) is 6.89. The first-order valence-corrected chi connectivity index (χ1v) is 10.8. The molecule has 11 heteroatoms. The van der Waals surface area contributed by atoms with Gasteiger partial charge in [0.05, 0.1) is 26.7 Å². The van der Waals surface area contributed by atoms with Crippen LogP contribution in [0.3, 0.4) is 0 Å². The first-order valence-electron chi connectivity index (χ1n) is 9.56. The molecule has 0 aliphatic rings. The summed E-state index contributed by atoms with van der Waals surface area (Å²) in [7, 11) is 0. The second-order valence-corrected chi connectivity index (χ2v) is 8.60. The lowest BCUT2D eigenvalue weighted by molar-refractivity contribution is -0.137. The number of aliphatic hydroxyl groups is 1. The largest absolute Gasteiger partial charge is 0.417 e. The highest BCUT2D eigenvalue weighted by Crippen LogP contribution is 2.36. The highest BCUT2D eigenvalue weighted by molar-refractivity contribution is 8.00. The molecule has 0 radical (unpaired) electrons. The number of aliphatic hydroxyl groups excluding tert-OH is 1. The summed E-state index contributed by atoms with van der Waals surface area (Å²) in [6, 6.07) is 9.87. The maximum Gasteiger partial charge on any atom is 0.417 e. The summed E-state index contributed by atoms with van der Waals surface area (Å²) in [4.78, 5) is 30.0. The molecule has 1 heterocycles. The van der Waals surface area contributed by atoms with Crippen LogP contribution in [0.25, 0.3) is 10.9 Å². The highest BCUT2D eigenvalue weighted by Gasteiger charge is 2.33. The van der Waals surface area contributed by atoms with Gasteiger partial charge in [-0.25, -0.2) is 4.98 Å². The molecule has 3 rings (SSSR count). The zero-order valence-electron chi connectivity index (χ0n) is 16.8. The molecule has 170 valence electrons. The molecule has 3 aromatic rings. The van der Waals surface area contributed by atoms with Crippen molar-refractivity contribution in [2.75, 3.05) is 11.9 Å². The number of para-hydroxylation sites is 1. The molecule has 1 unspecified atom stereocenters. The predicted octanol–water partition coefficient (Wildman–Crippen LogP) is 4.57. The summed E-state index contributed by atoms with van der Waals surface area (Å²) in [6.07, 6.45) is -4.34. The lowest BCUT2D eigenvalue weighted by Crippen LogP contribution is -2.27. The van der Waals surface area contributed by atoms with Crippen LogP contribution in [0.5, 0.6) is 0 Å².